The molecule has 25 heavy (non-hydrogen) atoms. The maximum Gasteiger partial charge on any atom is 0.305 e. The highest BCUT2D eigenvalue weighted by atomic mass is 32.1. The molecule has 0 unspecified atom stereocenters. The fourth-order valence-corrected chi connectivity index (χ4v) is 3.04. The van der Waals surface area contributed by atoms with E-state index in [1.165, 1.54) is 28.5 Å². The molecule has 0 spiro atoms. The van der Waals surface area contributed by atoms with Gasteiger partial charge in [0.2, 0.25) is 0 Å². The van der Waals surface area contributed by atoms with Crippen LogP contribution in [0.15, 0.2) is 24.4 Å². The molecule has 8 heteroatoms. The number of aliphatic carboxylic acids is 1. The molecular weight excluding hydrogens is 350 g/mol. The van der Waals surface area contributed by atoms with Crippen molar-refractivity contribution in [2.24, 2.45) is 0 Å². The van der Waals surface area contributed by atoms with E-state index in [9.17, 15) is 18.4 Å². The summed E-state index contributed by atoms with van der Waals surface area (Å²) in [6, 6.07) is 3.35. The predicted molar refractivity (Wildman–Crippen MR) is 89.6 cm³/mol. The van der Waals surface area contributed by atoms with E-state index in [0.717, 1.165) is 17.1 Å². The first-order chi connectivity index (χ1) is 11.8. The molecule has 0 fully saturated rings. The van der Waals surface area contributed by atoms with Gasteiger partial charge in [-0.15, -0.1) is 11.3 Å². The average molecular weight is 368 g/mol. The van der Waals surface area contributed by atoms with Gasteiger partial charge in [-0.3, -0.25) is 9.59 Å². The summed E-state index contributed by atoms with van der Waals surface area (Å²) in [4.78, 5) is 29.4. The second-order valence-corrected chi connectivity index (χ2v) is 6.90. The van der Waals surface area contributed by atoms with Crippen molar-refractivity contribution in [1.82, 2.24) is 9.88 Å². The number of carbonyl (C=O) groups excluding carboxylic acids is 1. The zero-order valence-electron chi connectivity index (χ0n) is 13.8. The fraction of sp³-hybridized carbons (Fsp3) is 0.353. The van der Waals surface area contributed by atoms with Crippen LogP contribution in [0.2, 0.25) is 0 Å². The van der Waals surface area contributed by atoms with Crippen LogP contribution in [0.4, 0.5) is 8.78 Å². The monoisotopic (exact) mass is 368 g/mol. The van der Waals surface area contributed by atoms with Gasteiger partial charge in [0.25, 0.3) is 5.91 Å². The Morgan fingerprint density at radius 1 is 1.28 bits per heavy atom. The van der Waals surface area contributed by atoms with Crippen LogP contribution >= 0.6 is 11.3 Å². The summed E-state index contributed by atoms with van der Waals surface area (Å²) in [6.45, 7) is 3.85. The molecule has 0 aliphatic heterocycles. The molecule has 1 heterocycles. The summed E-state index contributed by atoms with van der Waals surface area (Å²) >= 11 is 1.24. The molecule has 1 aromatic heterocycles. The Bertz CT molecular complexity index is 777. The van der Waals surface area contributed by atoms with Crippen LogP contribution in [0.1, 0.15) is 46.4 Å². The summed E-state index contributed by atoms with van der Waals surface area (Å²) < 4.78 is 26.4. The van der Waals surface area contributed by atoms with E-state index in [4.69, 9.17) is 5.11 Å². The zero-order chi connectivity index (χ0) is 18.6. The van der Waals surface area contributed by atoms with Gasteiger partial charge in [0.1, 0.15) is 4.88 Å². The summed E-state index contributed by atoms with van der Waals surface area (Å²) in [7, 11) is 0. The Morgan fingerprint density at radius 2 is 2.00 bits per heavy atom. The number of rotatable bonds is 7. The third kappa shape index (κ3) is 5.06. The van der Waals surface area contributed by atoms with Crippen molar-refractivity contribution in [1.29, 1.82) is 0 Å². The Balaban J connectivity index is 2.22. The number of carboxylic acid groups (broad SMARTS) is 1. The van der Waals surface area contributed by atoms with E-state index in [1.807, 2.05) is 13.8 Å². The quantitative estimate of drug-likeness (QED) is 0.810. The fourth-order valence-electron chi connectivity index (χ4n) is 2.15. The lowest BCUT2D eigenvalue weighted by atomic mass is 10.2. The van der Waals surface area contributed by atoms with Crippen molar-refractivity contribution in [2.75, 3.05) is 6.54 Å². The molecule has 2 rings (SSSR count). The Morgan fingerprint density at radius 3 is 2.56 bits per heavy atom. The second kappa shape index (κ2) is 8.15. The van der Waals surface area contributed by atoms with Crippen LogP contribution in [0.5, 0.6) is 0 Å². The van der Waals surface area contributed by atoms with Crippen molar-refractivity contribution in [3.63, 3.8) is 0 Å². The molecule has 1 amide bonds. The third-order valence-electron chi connectivity index (χ3n) is 3.47. The minimum atomic E-state index is -1.05. The first kappa shape index (κ1) is 19.0. The van der Waals surface area contributed by atoms with E-state index < -0.39 is 17.6 Å². The minimum Gasteiger partial charge on any atom is -0.481 e. The number of thiazole rings is 1. The van der Waals surface area contributed by atoms with Gasteiger partial charge in [-0.05, 0) is 17.7 Å². The third-order valence-corrected chi connectivity index (χ3v) is 4.75. The van der Waals surface area contributed by atoms with E-state index in [0.29, 0.717) is 10.4 Å². The van der Waals surface area contributed by atoms with E-state index >= 15 is 0 Å². The van der Waals surface area contributed by atoms with Crippen LogP contribution in [0.25, 0.3) is 0 Å². The lowest BCUT2D eigenvalue weighted by Gasteiger charge is -2.21. The van der Waals surface area contributed by atoms with Crippen LogP contribution in [-0.2, 0) is 11.3 Å². The molecule has 0 bridgehead atoms. The first-order valence-electron chi connectivity index (χ1n) is 7.68. The molecule has 134 valence electrons. The first-order valence-corrected chi connectivity index (χ1v) is 8.50. The molecule has 0 radical (unpaired) electrons. The van der Waals surface area contributed by atoms with Gasteiger partial charge in [-0.1, -0.05) is 19.9 Å². The SMILES string of the molecule is CC(C)c1ncc(C(=O)N(CCC(=O)O)Cc2ccc(F)c(F)c2)s1. The maximum absolute atomic E-state index is 13.4. The van der Waals surface area contributed by atoms with Crippen LogP contribution in [0, 0.1) is 11.6 Å². The number of benzene rings is 1. The minimum absolute atomic E-state index is 0.0156. The zero-order valence-corrected chi connectivity index (χ0v) is 14.6. The number of hydrogen-bond donors (Lipinski definition) is 1. The summed E-state index contributed by atoms with van der Waals surface area (Å²) in [5.41, 5.74) is 0.381. The Kier molecular flexibility index (Phi) is 6.19. The Labute approximate surface area is 147 Å². The van der Waals surface area contributed by atoms with Gasteiger partial charge in [-0.2, -0.15) is 0 Å². The predicted octanol–water partition coefficient (Wildman–Crippen LogP) is 3.66. The van der Waals surface area contributed by atoms with E-state index in [-0.39, 0.29) is 31.3 Å². The van der Waals surface area contributed by atoms with Crippen molar-refractivity contribution in [3.8, 4) is 0 Å². The van der Waals surface area contributed by atoms with Gasteiger partial charge < -0.3 is 10.0 Å². The van der Waals surface area contributed by atoms with Crippen molar-refractivity contribution < 1.29 is 23.5 Å². The number of halogens is 2. The second-order valence-electron chi connectivity index (χ2n) is 5.84. The molecule has 0 saturated carbocycles. The van der Waals surface area contributed by atoms with Gasteiger partial charge in [0.15, 0.2) is 11.6 Å². The Hall–Kier alpha value is -2.35. The lowest BCUT2D eigenvalue weighted by molar-refractivity contribution is -0.137. The number of hydrogen-bond acceptors (Lipinski definition) is 4. The molecule has 0 saturated heterocycles. The average Bonchev–Trinajstić information content (AvgIpc) is 3.04. The number of carboxylic acids is 1. The van der Waals surface area contributed by atoms with Gasteiger partial charge in [0.05, 0.1) is 17.6 Å². The molecule has 2 aromatic rings. The number of aromatic nitrogens is 1. The van der Waals surface area contributed by atoms with E-state index in [1.54, 1.807) is 0 Å². The van der Waals surface area contributed by atoms with Gasteiger partial charge in [-0.25, -0.2) is 13.8 Å². The largest absolute Gasteiger partial charge is 0.481 e. The number of nitrogens with zero attached hydrogens (tertiary/aromatic N) is 2. The highest BCUT2D eigenvalue weighted by Crippen LogP contribution is 2.23. The molecular formula is C17H18F2N2O3S. The summed E-state index contributed by atoms with van der Waals surface area (Å²) in [6.07, 6.45) is 1.21. The topological polar surface area (TPSA) is 70.5 Å². The highest BCUT2D eigenvalue weighted by molar-refractivity contribution is 7.13. The summed E-state index contributed by atoms with van der Waals surface area (Å²) in [5.74, 6) is -3.24. The van der Waals surface area contributed by atoms with Crippen LogP contribution in [0.3, 0.4) is 0 Å². The number of carbonyl (C=O) groups is 2. The van der Waals surface area contributed by atoms with Crippen LogP contribution < -0.4 is 0 Å². The molecule has 0 aliphatic rings. The normalized spacial score (nSPS) is 10.9. The molecule has 1 aromatic carbocycles. The molecule has 0 aliphatic carbocycles. The van der Waals surface area contributed by atoms with Crippen LogP contribution in [-0.4, -0.2) is 33.4 Å². The molecule has 5 nitrogen and oxygen atoms in total. The highest BCUT2D eigenvalue weighted by Gasteiger charge is 2.21. The van der Waals surface area contributed by atoms with Crippen molar-refractivity contribution in [2.45, 2.75) is 32.7 Å². The van der Waals surface area contributed by atoms with Gasteiger partial charge in [0, 0.05) is 19.0 Å². The van der Waals surface area contributed by atoms with E-state index in [2.05, 4.69) is 4.98 Å². The molecule has 1 N–H and O–H groups in total. The lowest BCUT2D eigenvalue weighted by Crippen LogP contribution is -2.32. The van der Waals surface area contributed by atoms with Gasteiger partial charge >= 0.3 is 5.97 Å². The number of amides is 1. The standard InChI is InChI=1S/C17H18F2N2O3S/c1-10(2)16-20-8-14(25-16)17(24)21(6-5-15(22)23)9-11-3-4-12(18)13(19)7-11/h3-4,7-8,10H,5-6,9H2,1-2H3,(H,22,23). The summed E-state index contributed by atoms with van der Waals surface area (Å²) in [5, 5.41) is 9.68. The maximum atomic E-state index is 13.4. The van der Waals surface area contributed by atoms with Crippen molar-refractivity contribution in [3.05, 3.63) is 51.5 Å². The smallest absolute Gasteiger partial charge is 0.305 e. The molecule has 0 atom stereocenters. The van der Waals surface area contributed by atoms with Crippen molar-refractivity contribution >= 4 is 23.2 Å².